The molecule has 1 heterocycles. The minimum Gasteiger partial charge on any atom is -0.478 e. The summed E-state index contributed by atoms with van der Waals surface area (Å²) >= 11 is 0. The number of amides is 1. The van der Waals surface area contributed by atoms with Crippen molar-refractivity contribution in [1.82, 2.24) is 14.7 Å². The molecule has 1 saturated carbocycles. The molecule has 6 nitrogen and oxygen atoms in total. The summed E-state index contributed by atoms with van der Waals surface area (Å²) in [4.78, 5) is 24.7. The van der Waals surface area contributed by atoms with E-state index in [2.05, 4.69) is 5.10 Å². The lowest BCUT2D eigenvalue weighted by atomic mass is 10.3. The van der Waals surface area contributed by atoms with E-state index in [9.17, 15) is 9.59 Å². The molecule has 18 heavy (non-hydrogen) atoms. The lowest BCUT2D eigenvalue weighted by Crippen LogP contribution is -2.35. The maximum absolute atomic E-state index is 12.0. The fourth-order valence-corrected chi connectivity index (χ4v) is 2.06. The van der Waals surface area contributed by atoms with Crippen LogP contribution in [-0.2, 0) is 11.3 Å². The van der Waals surface area contributed by atoms with Crippen molar-refractivity contribution in [3.05, 3.63) is 17.5 Å². The molecule has 1 amide bonds. The number of aromatic carboxylic acids is 1. The van der Waals surface area contributed by atoms with Crippen LogP contribution in [0.25, 0.3) is 0 Å². The molecule has 0 aromatic carbocycles. The highest BCUT2D eigenvalue weighted by Crippen LogP contribution is 2.26. The number of likely N-dealkylation sites (N-methyl/N-ethyl adjacent to an activating group) is 1. The van der Waals surface area contributed by atoms with Gasteiger partial charge in [-0.3, -0.25) is 9.48 Å². The Morgan fingerprint density at radius 1 is 1.56 bits per heavy atom. The van der Waals surface area contributed by atoms with Crippen molar-refractivity contribution >= 4 is 11.9 Å². The maximum Gasteiger partial charge on any atom is 0.339 e. The zero-order valence-corrected chi connectivity index (χ0v) is 10.6. The van der Waals surface area contributed by atoms with Gasteiger partial charge in [-0.25, -0.2) is 4.79 Å². The largest absolute Gasteiger partial charge is 0.478 e. The van der Waals surface area contributed by atoms with Gasteiger partial charge in [0.25, 0.3) is 0 Å². The molecular formula is C12H17N3O3. The maximum atomic E-state index is 12.0. The number of hydrogen-bond donors (Lipinski definition) is 1. The van der Waals surface area contributed by atoms with Crippen molar-refractivity contribution in [2.75, 3.05) is 6.54 Å². The highest BCUT2D eigenvalue weighted by atomic mass is 16.4. The van der Waals surface area contributed by atoms with Gasteiger partial charge in [-0.1, -0.05) is 0 Å². The van der Waals surface area contributed by atoms with Gasteiger partial charge in [-0.2, -0.15) is 5.10 Å². The number of carboxylic acid groups (broad SMARTS) is 1. The SMILES string of the molecule is CCN(C(=O)Cn1cc(C(=O)O)c(C)n1)C1CC1. The van der Waals surface area contributed by atoms with Crippen LogP contribution in [0.4, 0.5) is 0 Å². The monoisotopic (exact) mass is 251 g/mol. The van der Waals surface area contributed by atoms with E-state index in [1.807, 2.05) is 11.8 Å². The Balaban J connectivity index is 2.06. The lowest BCUT2D eigenvalue weighted by molar-refractivity contribution is -0.132. The summed E-state index contributed by atoms with van der Waals surface area (Å²) in [6.07, 6.45) is 3.55. The fraction of sp³-hybridized carbons (Fsp3) is 0.583. The second kappa shape index (κ2) is 4.80. The van der Waals surface area contributed by atoms with Crippen LogP contribution in [0.15, 0.2) is 6.20 Å². The number of nitrogens with zero attached hydrogens (tertiary/aromatic N) is 3. The summed E-state index contributed by atoms with van der Waals surface area (Å²) in [5.74, 6) is -1.01. The predicted octanol–water partition coefficient (Wildman–Crippen LogP) is 0.901. The molecule has 1 N–H and O–H groups in total. The van der Waals surface area contributed by atoms with E-state index in [0.717, 1.165) is 12.8 Å². The van der Waals surface area contributed by atoms with Gasteiger partial charge in [-0.05, 0) is 26.7 Å². The summed E-state index contributed by atoms with van der Waals surface area (Å²) in [5, 5.41) is 13.0. The number of rotatable bonds is 5. The van der Waals surface area contributed by atoms with Gasteiger partial charge in [0.15, 0.2) is 0 Å². The van der Waals surface area contributed by atoms with E-state index < -0.39 is 5.97 Å². The Morgan fingerprint density at radius 3 is 2.67 bits per heavy atom. The van der Waals surface area contributed by atoms with Crippen molar-refractivity contribution < 1.29 is 14.7 Å². The Kier molecular flexibility index (Phi) is 3.36. The van der Waals surface area contributed by atoms with Crippen LogP contribution >= 0.6 is 0 Å². The van der Waals surface area contributed by atoms with Crippen LogP contribution in [0, 0.1) is 6.92 Å². The highest BCUT2D eigenvalue weighted by molar-refractivity contribution is 5.88. The second-order valence-corrected chi connectivity index (χ2v) is 4.54. The molecule has 0 bridgehead atoms. The van der Waals surface area contributed by atoms with Crippen LogP contribution in [-0.4, -0.2) is 44.3 Å². The molecule has 0 radical (unpaired) electrons. The summed E-state index contributed by atoms with van der Waals surface area (Å²) < 4.78 is 1.41. The van der Waals surface area contributed by atoms with Gasteiger partial charge in [0.1, 0.15) is 12.1 Å². The number of carbonyl (C=O) groups is 2. The highest BCUT2D eigenvalue weighted by Gasteiger charge is 2.31. The molecule has 1 aromatic heterocycles. The Morgan fingerprint density at radius 2 is 2.22 bits per heavy atom. The first-order chi connectivity index (χ1) is 8.52. The van der Waals surface area contributed by atoms with Crippen molar-refractivity contribution in [2.24, 2.45) is 0 Å². The molecule has 1 aromatic rings. The topological polar surface area (TPSA) is 75.4 Å². The number of aryl methyl sites for hydroxylation is 1. The van der Waals surface area contributed by atoms with Gasteiger partial charge < -0.3 is 10.0 Å². The minimum atomic E-state index is -1.01. The Bertz CT molecular complexity index is 477. The molecule has 0 spiro atoms. The third-order valence-corrected chi connectivity index (χ3v) is 3.12. The van der Waals surface area contributed by atoms with Crippen LogP contribution in [0.3, 0.4) is 0 Å². The average Bonchev–Trinajstić information content (AvgIpc) is 3.04. The molecule has 0 atom stereocenters. The Hall–Kier alpha value is -1.85. The van der Waals surface area contributed by atoms with Crippen molar-refractivity contribution in [3.8, 4) is 0 Å². The normalized spacial score (nSPS) is 14.6. The molecule has 1 fully saturated rings. The first-order valence-corrected chi connectivity index (χ1v) is 6.09. The molecule has 2 rings (SSSR count). The summed E-state index contributed by atoms with van der Waals surface area (Å²) in [7, 11) is 0. The zero-order chi connectivity index (χ0) is 13.3. The van der Waals surface area contributed by atoms with Gasteiger partial charge >= 0.3 is 5.97 Å². The molecule has 98 valence electrons. The van der Waals surface area contributed by atoms with Crippen LogP contribution in [0.1, 0.15) is 35.8 Å². The van der Waals surface area contributed by atoms with E-state index in [1.54, 1.807) is 6.92 Å². The van der Waals surface area contributed by atoms with Crippen molar-refractivity contribution in [2.45, 2.75) is 39.3 Å². The van der Waals surface area contributed by atoms with Crippen LogP contribution in [0.5, 0.6) is 0 Å². The predicted molar refractivity (Wildman–Crippen MR) is 64.3 cm³/mol. The lowest BCUT2D eigenvalue weighted by Gasteiger charge is -2.20. The van der Waals surface area contributed by atoms with Gasteiger partial charge in [0.2, 0.25) is 5.91 Å². The van der Waals surface area contributed by atoms with Crippen LogP contribution < -0.4 is 0 Å². The smallest absolute Gasteiger partial charge is 0.339 e. The number of hydrogen-bond acceptors (Lipinski definition) is 3. The zero-order valence-electron chi connectivity index (χ0n) is 10.6. The van der Waals surface area contributed by atoms with Gasteiger partial charge in [-0.15, -0.1) is 0 Å². The molecule has 0 saturated heterocycles. The number of aromatic nitrogens is 2. The summed E-state index contributed by atoms with van der Waals surface area (Å²) in [6, 6.07) is 0.373. The first-order valence-electron chi connectivity index (χ1n) is 6.09. The van der Waals surface area contributed by atoms with Crippen LogP contribution in [0.2, 0.25) is 0 Å². The van der Waals surface area contributed by atoms with Crippen molar-refractivity contribution in [3.63, 3.8) is 0 Å². The third-order valence-electron chi connectivity index (χ3n) is 3.12. The molecule has 1 aliphatic carbocycles. The fourth-order valence-electron chi connectivity index (χ4n) is 2.06. The van der Waals surface area contributed by atoms with E-state index in [0.29, 0.717) is 18.3 Å². The molecule has 0 aliphatic heterocycles. The third kappa shape index (κ3) is 2.52. The number of carbonyl (C=O) groups excluding carboxylic acids is 1. The minimum absolute atomic E-state index is 0.000520. The van der Waals surface area contributed by atoms with Gasteiger partial charge in [0, 0.05) is 18.8 Å². The summed E-state index contributed by atoms with van der Waals surface area (Å²) in [5.41, 5.74) is 0.585. The van der Waals surface area contributed by atoms with Crippen molar-refractivity contribution in [1.29, 1.82) is 0 Å². The molecule has 1 aliphatic rings. The molecular weight excluding hydrogens is 234 g/mol. The Labute approximate surface area is 105 Å². The van der Waals surface area contributed by atoms with E-state index >= 15 is 0 Å². The average molecular weight is 251 g/mol. The first kappa shape index (κ1) is 12.6. The molecule has 6 heteroatoms. The summed E-state index contributed by atoms with van der Waals surface area (Å²) in [6.45, 7) is 4.38. The molecule has 0 unspecified atom stereocenters. The quantitative estimate of drug-likeness (QED) is 0.843. The van der Waals surface area contributed by atoms with E-state index in [4.69, 9.17) is 5.11 Å². The van der Waals surface area contributed by atoms with E-state index in [-0.39, 0.29) is 18.0 Å². The standard InChI is InChI=1S/C12H17N3O3/c1-3-15(9-4-5-9)11(16)7-14-6-10(12(17)18)8(2)13-14/h6,9H,3-5,7H2,1-2H3,(H,17,18). The number of carboxylic acids is 1. The second-order valence-electron chi connectivity index (χ2n) is 4.54. The van der Waals surface area contributed by atoms with E-state index in [1.165, 1.54) is 10.9 Å². The van der Waals surface area contributed by atoms with Gasteiger partial charge in [0.05, 0.1) is 5.69 Å².